The van der Waals surface area contributed by atoms with Crippen LogP contribution in [0, 0.1) is 71.9 Å². The van der Waals surface area contributed by atoms with Crippen molar-refractivity contribution in [1.29, 1.82) is 10.5 Å². The summed E-state index contributed by atoms with van der Waals surface area (Å²) >= 11 is 0.820. The monoisotopic (exact) mass is 1950 g/mol. The number of ketones is 4. The second-order valence-electron chi connectivity index (χ2n) is 42.8. The van der Waals surface area contributed by atoms with Gasteiger partial charge in [-0.15, -0.1) is 0 Å². The normalized spacial score (nSPS) is 12.1. The molecule has 3 unspecified atom stereocenters. The van der Waals surface area contributed by atoms with Gasteiger partial charge in [-0.3, -0.25) is 24.0 Å². The van der Waals surface area contributed by atoms with Crippen LogP contribution in [0.1, 0.15) is 341 Å². The van der Waals surface area contributed by atoms with Gasteiger partial charge in [-0.1, -0.05) is 241 Å². The molecule has 136 heavy (non-hydrogen) atoms. The largest absolute Gasteiger partial charge is 0.466 e. The Labute approximate surface area is 824 Å². The zero-order valence-electron chi connectivity index (χ0n) is 91.4. The number of nitrogens with zero attached hydrogens (tertiary/aromatic N) is 5. The third-order valence-electron chi connectivity index (χ3n) is 14.8. The fourth-order valence-corrected chi connectivity index (χ4v) is 8.08. The fraction of sp³-hybridized carbons (Fsp3) is 0.645. The van der Waals surface area contributed by atoms with Gasteiger partial charge in [0, 0.05) is 64.2 Å². The van der Waals surface area contributed by atoms with Gasteiger partial charge in [-0.05, 0) is 196 Å². The minimum absolute atomic E-state index is 0. The molecule has 3 atom stereocenters. The van der Waals surface area contributed by atoms with E-state index in [-0.39, 0.29) is 144 Å². The van der Waals surface area contributed by atoms with E-state index in [2.05, 4.69) is 72.1 Å². The lowest BCUT2D eigenvalue weighted by atomic mass is 9.85. The molecule has 0 fully saturated rings. The predicted molar refractivity (Wildman–Crippen MR) is 549 cm³/mol. The van der Waals surface area contributed by atoms with Gasteiger partial charge in [0.15, 0.2) is 23.1 Å². The Kier molecular flexibility index (Phi) is 81.2. The van der Waals surface area contributed by atoms with Gasteiger partial charge in [-0.2, -0.15) is 19.3 Å². The van der Waals surface area contributed by atoms with Crippen molar-refractivity contribution in [2.75, 3.05) is 46.8 Å². The van der Waals surface area contributed by atoms with E-state index in [9.17, 15) is 71.6 Å². The van der Waals surface area contributed by atoms with E-state index < -0.39 is 46.9 Å². The summed E-state index contributed by atoms with van der Waals surface area (Å²) in [5, 5.41) is 48.6. The summed E-state index contributed by atoms with van der Waals surface area (Å²) in [7, 11) is 1.34. The molecule has 2 rings (SSSR count). The van der Waals surface area contributed by atoms with Gasteiger partial charge in [0.05, 0.1) is 117 Å². The summed E-state index contributed by atoms with van der Waals surface area (Å²) in [5.41, 5.74) is 2.11. The van der Waals surface area contributed by atoms with E-state index in [0.29, 0.717) is 51.4 Å². The molecule has 2 aromatic heterocycles. The van der Waals surface area contributed by atoms with Crippen molar-refractivity contribution in [2.24, 2.45) is 37.9 Å². The van der Waals surface area contributed by atoms with Crippen LogP contribution < -0.4 is 5.32 Å². The number of rotatable bonds is 24. The van der Waals surface area contributed by atoms with E-state index in [1.807, 2.05) is 248 Å². The van der Waals surface area contributed by atoms with Gasteiger partial charge in [0.2, 0.25) is 0 Å². The molecule has 0 aliphatic carbocycles. The third kappa shape index (κ3) is 104. The number of halogens is 3. The standard InChI is InChI=1S/2C10H18O3.C10H18O.C9H15NO.2C9H16O3.C9H16O.C8H11FN2OS.C8H11FN2.C8H13FO.C8H13NO.C8H14O.CH4/c1-6-13-9(12)7(2)8(11)10(3,4)5;1-5-12-9(11)7-6-8-13-10(2,3)4;1-8(2)6-9(11)7-10(3,4)5;1-7(6-10)8(11)5-9(2,3)4;1-9(2,3)12-7-5-6-8(10)11-4;1-5-11-9(10)8(4)6-12-7(2)3;1-7(2)6-8(10)9(3,4)5;1-8(2,3)11-6(12)5-4-13-7(9)10-5;1-8(2,3)6-4-10-7(9)11-5-6;1-6(9)5-7(10)8(2,3)4;1-6(5-9)7(10)8(2,3)4;1-5-6-7(9)8(2,3)4;/h8,11H,2,6H2,1,3-5H3;6-7H,5,8H2,1-4H3;6H,7H2,1-5H3;8,11H,1,5H2,2-4H3;5-6H,7H2,1-4H3;7H,4-6H2,1-3H3;6H,1-5H3;4H,1-3H3,(H,11,12);4-5H,1-3H3;5H,1-4H3;7,10H,1H2,2-4H3;5-6H,1-4H3;1H4/b;7-6+;;;6-5+;;;;;6-5-;;6-5+;. The number of carbonyl (C=O) groups excluding carboxylic acids is 9. The topological polar surface area (TPSA) is 377 Å². The first-order valence-electron chi connectivity index (χ1n) is 44.6. The molecular weight excluding hydrogens is 1760 g/mol. The molecule has 0 saturated carbocycles. The average Bonchev–Trinajstić information content (AvgIpc) is 1.54. The van der Waals surface area contributed by atoms with Crippen molar-refractivity contribution in [3.8, 4) is 12.1 Å². The van der Waals surface area contributed by atoms with Crippen LogP contribution >= 0.6 is 11.3 Å². The Balaban J connectivity index is -0.000000139. The van der Waals surface area contributed by atoms with Crippen LogP contribution in [-0.4, -0.2) is 171 Å². The fourth-order valence-electron chi connectivity index (χ4n) is 7.56. The van der Waals surface area contributed by atoms with Crippen LogP contribution in [0.15, 0.2) is 138 Å². The number of hydrogen-bond donors (Lipinski definition) is 4. The van der Waals surface area contributed by atoms with Gasteiger partial charge >= 0.3 is 30.0 Å². The highest BCUT2D eigenvalue weighted by Gasteiger charge is 2.30. The maximum atomic E-state index is 12.4. The molecule has 2 aromatic rings. The van der Waals surface area contributed by atoms with E-state index in [4.69, 9.17) is 38.9 Å². The molecule has 2 heterocycles. The molecule has 0 saturated heterocycles. The molecule has 0 aromatic carbocycles. The SMILES string of the molecule is C.C/C(F)=C/C(=O)C(C)(C)C.C/C=C/C(=O)C(C)(C)C.C=C(C#N)C(O)C(C)(C)C.C=C(C#N)C(O)CC(C)(C)C.C=C(C(=O)OCC)C(O)C(C)(C)C.C=C(COC(C)C)C(=O)OCC.CC(C)(C)NC(=O)c1csc(F)n1.CC(C)(C)c1cnc(F)nc1.CC(C)=CC(=O)C(C)(C)C.CC(C)=CC(=O)CC(C)(C)C.CCOC(=O)/C=C/COC(C)(C)C.COC(=O)/C=C/COC(C)(C)C. The first kappa shape index (κ1) is 150. The van der Waals surface area contributed by atoms with Crippen LogP contribution in [0.3, 0.4) is 0 Å². The van der Waals surface area contributed by atoms with Crippen molar-refractivity contribution in [3.05, 3.63) is 161 Å². The number of aliphatic hydroxyl groups is 3. The van der Waals surface area contributed by atoms with Crippen LogP contribution in [0.2, 0.25) is 0 Å². The molecule has 782 valence electrons. The molecule has 0 radical (unpaired) electrons. The lowest BCUT2D eigenvalue weighted by Gasteiger charge is -2.26. The summed E-state index contributed by atoms with van der Waals surface area (Å²) in [4.78, 5) is 110. The molecule has 0 aliphatic rings. The number of thiazole rings is 1. The number of allylic oxidation sites excluding steroid dienone is 8. The molecule has 4 N–H and O–H groups in total. The first-order valence-corrected chi connectivity index (χ1v) is 45.5. The summed E-state index contributed by atoms with van der Waals surface area (Å²) < 4.78 is 71.2. The van der Waals surface area contributed by atoms with E-state index >= 15 is 0 Å². The van der Waals surface area contributed by atoms with Crippen LogP contribution in [0.25, 0.3) is 0 Å². The minimum atomic E-state index is -0.855. The number of amides is 1. The summed E-state index contributed by atoms with van der Waals surface area (Å²) in [6, 6.07) is 3.67. The Hall–Kier alpha value is -9.33. The van der Waals surface area contributed by atoms with Crippen molar-refractivity contribution < 1.29 is 105 Å². The molecule has 0 bridgehead atoms. The molecule has 1 amide bonds. The van der Waals surface area contributed by atoms with Crippen molar-refractivity contribution in [2.45, 2.75) is 371 Å². The Morgan fingerprint density at radius 3 is 1.20 bits per heavy atom. The maximum absolute atomic E-state index is 12.4. The van der Waals surface area contributed by atoms with Gasteiger partial charge in [0.1, 0.15) is 11.5 Å². The highest BCUT2D eigenvalue weighted by atomic mass is 32.1. The van der Waals surface area contributed by atoms with Gasteiger partial charge in [0.25, 0.3) is 11.2 Å². The highest BCUT2D eigenvalue weighted by Crippen LogP contribution is 2.28. The van der Waals surface area contributed by atoms with Crippen molar-refractivity contribution in [3.63, 3.8) is 0 Å². The van der Waals surface area contributed by atoms with Crippen molar-refractivity contribution in [1.82, 2.24) is 20.3 Å². The lowest BCUT2D eigenvalue weighted by molar-refractivity contribution is -0.141. The number of aromatic nitrogens is 3. The van der Waals surface area contributed by atoms with Crippen LogP contribution in [-0.2, 0) is 76.9 Å². The van der Waals surface area contributed by atoms with Crippen LogP contribution in [0.4, 0.5) is 13.2 Å². The average molecular weight is 1950 g/mol. The number of esters is 4. The number of nitrogens with one attached hydrogen (secondary N) is 1. The lowest BCUT2D eigenvalue weighted by Crippen LogP contribution is -2.40. The predicted octanol–water partition coefficient (Wildman–Crippen LogP) is 24.4. The van der Waals surface area contributed by atoms with E-state index in [1.165, 1.54) is 44.0 Å². The van der Waals surface area contributed by atoms with Crippen molar-refractivity contribution >= 4 is 64.3 Å². The molecule has 25 nitrogen and oxygen atoms in total. The highest BCUT2D eigenvalue weighted by molar-refractivity contribution is 7.08. The zero-order valence-corrected chi connectivity index (χ0v) is 92.2. The smallest absolute Gasteiger partial charge is 0.336 e. The molecule has 0 aliphatic heterocycles. The number of hydrogen-bond acceptors (Lipinski definition) is 25. The number of carbonyl (C=O) groups is 9. The van der Waals surface area contributed by atoms with Gasteiger partial charge < -0.3 is 53.8 Å². The molecule has 29 heteroatoms. The maximum Gasteiger partial charge on any atom is 0.336 e. The van der Waals surface area contributed by atoms with E-state index in [1.54, 1.807) is 78.0 Å². The van der Waals surface area contributed by atoms with Crippen LogP contribution in [0.5, 0.6) is 0 Å². The quantitative estimate of drug-likeness (QED) is 0.0249. The number of aliphatic hydroxyl groups excluding tert-OH is 3. The minimum Gasteiger partial charge on any atom is -0.466 e. The first-order chi connectivity index (χ1) is 60.4. The second kappa shape index (κ2) is 73.8. The number of ether oxygens (including phenoxy) is 7. The number of methoxy groups -OCH3 is 1. The summed E-state index contributed by atoms with van der Waals surface area (Å²) in [6.45, 7) is 99.6. The second-order valence-corrected chi connectivity index (χ2v) is 43.7. The number of nitriles is 2. The summed E-state index contributed by atoms with van der Waals surface area (Å²) in [6.07, 6.45) is 15.3. The third-order valence-corrected chi connectivity index (χ3v) is 15.5. The summed E-state index contributed by atoms with van der Waals surface area (Å²) in [5.74, 6) is -1.90. The Bertz CT molecular complexity index is 4080. The Morgan fingerprint density at radius 2 is 0.934 bits per heavy atom. The molecule has 0 spiro atoms. The molecular formula is C107H183F3N6O19S. The van der Waals surface area contributed by atoms with Gasteiger partial charge in [-0.25, -0.2) is 38.5 Å². The van der Waals surface area contributed by atoms with E-state index in [0.717, 1.165) is 34.1 Å². The zero-order chi connectivity index (χ0) is 109. The Morgan fingerprint density at radius 1 is 0.544 bits per heavy atom.